The number of anilines is 1. The number of aromatic nitrogens is 3. The fourth-order valence-electron chi connectivity index (χ4n) is 3.94. The Morgan fingerprint density at radius 3 is 2.67 bits per heavy atom. The van der Waals surface area contributed by atoms with Crippen molar-refractivity contribution in [1.29, 1.82) is 0 Å². The molecule has 0 bridgehead atoms. The molecular weight excluding hydrogens is 391 g/mol. The lowest BCUT2D eigenvalue weighted by Gasteiger charge is -2.34. The fourth-order valence-corrected chi connectivity index (χ4v) is 3.94. The smallest absolute Gasteiger partial charge is 0.267 e. The summed E-state index contributed by atoms with van der Waals surface area (Å²) in [5.74, 6) is -0.922. The first-order valence-electron chi connectivity index (χ1n) is 9.89. The van der Waals surface area contributed by atoms with E-state index in [1.165, 1.54) is 11.1 Å². The molecule has 0 aliphatic carbocycles. The number of carbonyl (C=O) groups is 2. The van der Waals surface area contributed by atoms with Crippen LogP contribution in [0.2, 0.25) is 0 Å². The van der Waals surface area contributed by atoms with E-state index in [9.17, 15) is 14.0 Å². The topological polar surface area (TPSA) is 115 Å². The molecule has 2 aromatic rings. The molecule has 1 atom stereocenters. The van der Waals surface area contributed by atoms with Crippen LogP contribution in [0.3, 0.4) is 0 Å². The van der Waals surface area contributed by atoms with Crippen molar-refractivity contribution < 1.29 is 18.8 Å². The number of hydroxylamine groups is 2. The van der Waals surface area contributed by atoms with Gasteiger partial charge in [0, 0.05) is 37.8 Å². The van der Waals surface area contributed by atoms with Gasteiger partial charge in [-0.15, -0.1) is 0 Å². The zero-order chi connectivity index (χ0) is 21.3. The Labute approximate surface area is 173 Å². The molecule has 4 rings (SSSR count). The molecule has 0 unspecified atom stereocenters. The van der Waals surface area contributed by atoms with Gasteiger partial charge in [0.15, 0.2) is 0 Å². The zero-order valence-corrected chi connectivity index (χ0v) is 16.6. The number of primary amides is 1. The SMILES string of the molecule is Cc1cnc(N2CCC(C(=O)N3OCC[C@H]3c3cncc(F)c3)CC2)nc1C(N)=O. The number of rotatable bonds is 4. The number of piperidine rings is 1. The normalized spacial score (nSPS) is 19.9. The van der Waals surface area contributed by atoms with E-state index in [-0.39, 0.29) is 23.6 Å². The molecule has 0 radical (unpaired) electrons. The number of amides is 2. The van der Waals surface area contributed by atoms with Gasteiger partial charge in [0.05, 0.1) is 18.8 Å². The molecule has 2 saturated heterocycles. The molecule has 2 aromatic heterocycles. The standard InChI is InChI=1S/C20H23FN6O3/c1-12-9-24-20(25-17(12)18(22)28)26-5-2-13(3-6-26)19(29)27-16(4-7-30-27)14-8-15(21)11-23-10-14/h8-11,13,16H,2-7H2,1H3,(H2,22,28)/t16-/m0/s1. The van der Waals surface area contributed by atoms with Crippen molar-refractivity contribution in [2.45, 2.75) is 32.2 Å². The number of pyridine rings is 1. The summed E-state index contributed by atoms with van der Waals surface area (Å²) < 4.78 is 13.6. The van der Waals surface area contributed by atoms with Crippen LogP contribution < -0.4 is 10.6 Å². The monoisotopic (exact) mass is 414 g/mol. The quantitative estimate of drug-likeness (QED) is 0.807. The maximum atomic E-state index is 13.6. The summed E-state index contributed by atoms with van der Waals surface area (Å²) in [5, 5.41) is 1.38. The average Bonchev–Trinajstić information content (AvgIpc) is 3.23. The van der Waals surface area contributed by atoms with Crippen molar-refractivity contribution in [2.24, 2.45) is 11.7 Å². The molecule has 30 heavy (non-hydrogen) atoms. The van der Waals surface area contributed by atoms with Crippen LogP contribution in [0.15, 0.2) is 24.7 Å². The van der Waals surface area contributed by atoms with Crippen LogP contribution in [-0.4, -0.2) is 51.5 Å². The Balaban J connectivity index is 1.42. The number of hydrogen-bond donors (Lipinski definition) is 1. The van der Waals surface area contributed by atoms with Gasteiger partial charge in [-0.05, 0) is 37.0 Å². The Bertz CT molecular complexity index is 963. The van der Waals surface area contributed by atoms with Crippen molar-refractivity contribution in [1.82, 2.24) is 20.0 Å². The Morgan fingerprint density at radius 1 is 1.20 bits per heavy atom. The molecule has 10 heteroatoms. The third kappa shape index (κ3) is 3.95. The van der Waals surface area contributed by atoms with Crippen molar-refractivity contribution in [3.8, 4) is 0 Å². The van der Waals surface area contributed by atoms with Gasteiger partial charge in [0.2, 0.25) is 11.9 Å². The maximum Gasteiger partial charge on any atom is 0.267 e. The average molecular weight is 414 g/mol. The molecule has 9 nitrogen and oxygen atoms in total. The van der Waals surface area contributed by atoms with E-state index in [2.05, 4.69) is 15.0 Å². The molecule has 2 aliphatic heterocycles. The van der Waals surface area contributed by atoms with Crippen molar-refractivity contribution in [3.05, 3.63) is 47.3 Å². The van der Waals surface area contributed by atoms with Crippen molar-refractivity contribution in [3.63, 3.8) is 0 Å². The van der Waals surface area contributed by atoms with E-state index in [4.69, 9.17) is 10.6 Å². The second kappa shape index (κ2) is 8.31. The van der Waals surface area contributed by atoms with Gasteiger partial charge in [-0.3, -0.25) is 19.4 Å². The van der Waals surface area contributed by atoms with E-state index in [1.54, 1.807) is 19.3 Å². The third-order valence-corrected chi connectivity index (χ3v) is 5.55. The number of nitrogens with two attached hydrogens (primary N) is 1. The summed E-state index contributed by atoms with van der Waals surface area (Å²) in [4.78, 5) is 44.6. The fraction of sp³-hybridized carbons (Fsp3) is 0.450. The Hall–Kier alpha value is -3.14. The number of aryl methyl sites for hydroxylation is 1. The molecule has 4 heterocycles. The van der Waals surface area contributed by atoms with Gasteiger partial charge in [-0.25, -0.2) is 19.4 Å². The first-order valence-corrected chi connectivity index (χ1v) is 9.89. The predicted molar refractivity (Wildman–Crippen MR) is 105 cm³/mol. The molecule has 2 N–H and O–H groups in total. The van der Waals surface area contributed by atoms with Crippen molar-refractivity contribution >= 4 is 17.8 Å². The van der Waals surface area contributed by atoms with Crippen LogP contribution in [0.25, 0.3) is 0 Å². The van der Waals surface area contributed by atoms with Gasteiger partial charge in [-0.1, -0.05) is 0 Å². The van der Waals surface area contributed by atoms with Crippen LogP contribution in [0.1, 0.15) is 46.9 Å². The molecule has 2 amide bonds. The summed E-state index contributed by atoms with van der Waals surface area (Å²) in [6.45, 7) is 3.27. The van der Waals surface area contributed by atoms with Crippen LogP contribution >= 0.6 is 0 Å². The maximum absolute atomic E-state index is 13.6. The summed E-state index contributed by atoms with van der Waals surface area (Å²) in [5.41, 5.74) is 6.83. The highest BCUT2D eigenvalue weighted by molar-refractivity contribution is 5.92. The second-order valence-electron chi connectivity index (χ2n) is 7.57. The summed E-state index contributed by atoms with van der Waals surface area (Å²) in [6.07, 6.45) is 6.07. The minimum absolute atomic E-state index is 0.107. The van der Waals surface area contributed by atoms with Gasteiger partial charge >= 0.3 is 0 Å². The van der Waals surface area contributed by atoms with E-state index >= 15 is 0 Å². The first-order chi connectivity index (χ1) is 14.4. The Morgan fingerprint density at radius 2 is 1.97 bits per heavy atom. The number of carbonyl (C=O) groups excluding carboxylic acids is 2. The van der Waals surface area contributed by atoms with Crippen LogP contribution in [-0.2, 0) is 9.63 Å². The summed E-state index contributed by atoms with van der Waals surface area (Å²) in [7, 11) is 0. The predicted octanol–water partition coefficient (Wildman–Crippen LogP) is 1.54. The van der Waals surface area contributed by atoms with E-state index in [1.807, 2.05) is 4.90 Å². The minimum Gasteiger partial charge on any atom is -0.364 e. The third-order valence-electron chi connectivity index (χ3n) is 5.55. The lowest BCUT2D eigenvalue weighted by molar-refractivity contribution is -0.182. The molecule has 158 valence electrons. The first kappa shape index (κ1) is 20.1. The van der Waals surface area contributed by atoms with Gasteiger partial charge < -0.3 is 10.6 Å². The van der Waals surface area contributed by atoms with Gasteiger partial charge in [0.1, 0.15) is 11.5 Å². The highest BCUT2D eigenvalue weighted by Crippen LogP contribution is 2.33. The van der Waals surface area contributed by atoms with Gasteiger partial charge in [0.25, 0.3) is 5.91 Å². The van der Waals surface area contributed by atoms with Crippen LogP contribution in [0.5, 0.6) is 0 Å². The lowest BCUT2D eigenvalue weighted by atomic mass is 9.95. The number of nitrogens with zero attached hydrogens (tertiary/aromatic N) is 5. The van der Waals surface area contributed by atoms with E-state index in [0.717, 1.165) is 6.20 Å². The zero-order valence-electron chi connectivity index (χ0n) is 16.6. The minimum atomic E-state index is -0.592. The number of halogens is 1. The highest BCUT2D eigenvalue weighted by Gasteiger charge is 2.37. The summed E-state index contributed by atoms with van der Waals surface area (Å²) >= 11 is 0. The van der Waals surface area contributed by atoms with Crippen molar-refractivity contribution in [2.75, 3.05) is 24.6 Å². The van der Waals surface area contributed by atoms with Crippen LogP contribution in [0.4, 0.5) is 10.3 Å². The van der Waals surface area contributed by atoms with Gasteiger partial charge in [-0.2, -0.15) is 0 Å². The van der Waals surface area contributed by atoms with Crippen LogP contribution in [0, 0.1) is 18.7 Å². The molecular formula is C20H23FN6O3. The second-order valence-corrected chi connectivity index (χ2v) is 7.57. The molecule has 2 fully saturated rings. The molecule has 0 saturated carbocycles. The van der Waals surface area contributed by atoms with E-state index in [0.29, 0.717) is 56.0 Å². The summed E-state index contributed by atoms with van der Waals surface area (Å²) in [6, 6.07) is 1.05. The molecule has 0 spiro atoms. The molecule has 2 aliphatic rings. The van der Waals surface area contributed by atoms with E-state index < -0.39 is 11.7 Å². The number of hydrogen-bond acceptors (Lipinski definition) is 7. The lowest BCUT2D eigenvalue weighted by Crippen LogP contribution is -2.42. The largest absolute Gasteiger partial charge is 0.364 e. The highest BCUT2D eigenvalue weighted by atomic mass is 19.1. The molecule has 0 aromatic carbocycles. The Kier molecular flexibility index (Phi) is 5.58.